The first-order chi connectivity index (χ1) is 9.42. The summed E-state index contributed by atoms with van der Waals surface area (Å²) >= 11 is 0. The Morgan fingerprint density at radius 2 is 2.05 bits per heavy atom. The lowest BCUT2D eigenvalue weighted by molar-refractivity contribution is -0.147. The molecular weight excluding hydrogens is 258 g/mol. The molecule has 1 saturated heterocycles. The number of cyclic esters (lactones) is 1. The molecule has 0 spiro atoms. The number of hydrogen-bond acceptors (Lipinski definition) is 4. The Morgan fingerprint density at radius 3 is 2.55 bits per heavy atom. The highest BCUT2D eigenvalue weighted by molar-refractivity contribution is 5.87. The zero-order valence-corrected chi connectivity index (χ0v) is 11.9. The third-order valence-corrected chi connectivity index (χ3v) is 3.53. The maximum atomic E-state index is 12.1. The predicted molar refractivity (Wildman–Crippen MR) is 73.1 cm³/mol. The molecule has 0 bridgehead atoms. The van der Waals surface area contributed by atoms with Crippen molar-refractivity contribution in [2.75, 3.05) is 7.11 Å². The predicted octanol–water partition coefficient (Wildman–Crippen LogP) is 1.65. The number of rotatable bonds is 4. The number of ether oxygens (including phenoxy) is 2. The van der Waals surface area contributed by atoms with Crippen LogP contribution in [0.2, 0.25) is 0 Å². The summed E-state index contributed by atoms with van der Waals surface area (Å²) < 4.78 is 10.2. The SMILES string of the molecule is COc1ccc(CNC(=O)C2CC(=O)OC2(C)C)cc1. The summed E-state index contributed by atoms with van der Waals surface area (Å²) in [4.78, 5) is 23.4. The molecule has 0 saturated carbocycles. The van der Waals surface area contributed by atoms with Crippen LogP contribution < -0.4 is 10.1 Å². The Morgan fingerprint density at radius 1 is 1.40 bits per heavy atom. The van der Waals surface area contributed by atoms with Crippen LogP contribution in [-0.4, -0.2) is 24.6 Å². The first-order valence-electron chi connectivity index (χ1n) is 6.55. The molecule has 108 valence electrons. The summed E-state index contributed by atoms with van der Waals surface area (Å²) in [5, 5.41) is 2.84. The van der Waals surface area contributed by atoms with E-state index in [1.54, 1.807) is 21.0 Å². The first kappa shape index (κ1) is 14.4. The van der Waals surface area contributed by atoms with Gasteiger partial charge in [-0.15, -0.1) is 0 Å². The monoisotopic (exact) mass is 277 g/mol. The number of esters is 1. The Labute approximate surface area is 118 Å². The minimum Gasteiger partial charge on any atom is -0.497 e. The molecule has 1 amide bonds. The number of amides is 1. The number of benzene rings is 1. The van der Waals surface area contributed by atoms with Crippen LogP contribution in [0.3, 0.4) is 0 Å². The van der Waals surface area contributed by atoms with Crippen LogP contribution in [-0.2, 0) is 20.9 Å². The van der Waals surface area contributed by atoms with Gasteiger partial charge in [-0.25, -0.2) is 0 Å². The summed E-state index contributed by atoms with van der Waals surface area (Å²) in [6.45, 7) is 3.94. The van der Waals surface area contributed by atoms with E-state index in [0.29, 0.717) is 6.54 Å². The molecule has 0 aromatic heterocycles. The van der Waals surface area contributed by atoms with Crippen molar-refractivity contribution in [2.45, 2.75) is 32.4 Å². The van der Waals surface area contributed by atoms with E-state index >= 15 is 0 Å². The second-order valence-corrected chi connectivity index (χ2v) is 5.40. The van der Waals surface area contributed by atoms with Crippen molar-refractivity contribution < 1.29 is 19.1 Å². The van der Waals surface area contributed by atoms with Crippen LogP contribution in [0.25, 0.3) is 0 Å². The highest BCUT2D eigenvalue weighted by atomic mass is 16.6. The van der Waals surface area contributed by atoms with E-state index in [0.717, 1.165) is 11.3 Å². The van der Waals surface area contributed by atoms with Gasteiger partial charge in [0.25, 0.3) is 0 Å². The molecule has 0 aliphatic carbocycles. The summed E-state index contributed by atoms with van der Waals surface area (Å²) in [7, 11) is 1.61. The molecule has 1 heterocycles. The highest BCUT2D eigenvalue weighted by Crippen LogP contribution is 2.32. The summed E-state index contributed by atoms with van der Waals surface area (Å²) in [5.41, 5.74) is 0.239. The average Bonchev–Trinajstić information content (AvgIpc) is 2.69. The quantitative estimate of drug-likeness (QED) is 0.850. The Kier molecular flexibility index (Phi) is 3.97. The van der Waals surface area contributed by atoms with Gasteiger partial charge in [0, 0.05) is 6.54 Å². The number of carbonyl (C=O) groups is 2. The Bertz CT molecular complexity index is 507. The van der Waals surface area contributed by atoms with Gasteiger partial charge in [0.2, 0.25) is 5.91 Å². The lowest BCUT2D eigenvalue weighted by Gasteiger charge is -2.23. The average molecular weight is 277 g/mol. The maximum Gasteiger partial charge on any atom is 0.307 e. The van der Waals surface area contributed by atoms with Crippen LogP contribution in [0, 0.1) is 5.92 Å². The molecule has 5 nitrogen and oxygen atoms in total. The van der Waals surface area contributed by atoms with Crippen LogP contribution in [0.5, 0.6) is 5.75 Å². The van der Waals surface area contributed by atoms with Crippen molar-refractivity contribution in [3.63, 3.8) is 0 Å². The van der Waals surface area contributed by atoms with Gasteiger partial charge in [0.15, 0.2) is 0 Å². The third kappa shape index (κ3) is 3.10. The Hall–Kier alpha value is -2.04. The van der Waals surface area contributed by atoms with Crippen LogP contribution in [0.15, 0.2) is 24.3 Å². The normalized spacial score (nSPS) is 20.4. The lowest BCUT2D eigenvalue weighted by Crippen LogP contribution is -2.40. The standard InChI is InChI=1S/C15H19NO4/c1-15(2)12(8-13(17)20-15)14(18)16-9-10-4-6-11(19-3)7-5-10/h4-7,12H,8-9H2,1-3H3,(H,16,18). The van der Waals surface area contributed by atoms with Gasteiger partial charge in [0.1, 0.15) is 11.4 Å². The fourth-order valence-electron chi connectivity index (χ4n) is 2.28. The van der Waals surface area contributed by atoms with Crippen LogP contribution in [0.1, 0.15) is 25.8 Å². The largest absolute Gasteiger partial charge is 0.497 e. The van der Waals surface area contributed by atoms with Crippen LogP contribution >= 0.6 is 0 Å². The zero-order valence-electron chi connectivity index (χ0n) is 11.9. The van der Waals surface area contributed by atoms with E-state index in [-0.39, 0.29) is 18.3 Å². The molecule has 1 aliphatic heterocycles. The molecule has 1 atom stereocenters. The Balaban J connectivity index is 1.93. The van der Waals surface area contributed by atoms with E-state index in [1.807, 2.05) is 24.3 Å². The molecule has 5 heteroatoms. The van der Waals surface area contributed by atoms with E-state index in [9.17, 15) is 9.59 Å². The van der Waals surface area contributed by atoms with Crippen molar-refractivity contribution in [1.82, 2.24) is 5.32 Å². The summed E-state index contributed by atoms with van der Waals surface area (Å²) in [5.74, 6) is -0.138. The van der Waals surface area contributed by atoms with Gasteiger partial charge in [-0.05, 0) is 31.5 Å². The number of carbonyl (C=O) groups excluding carboxylic acids is 2. The van der Waals surface area contributed by atoms with Crippen molar-refractivity contribution in [2.24, 2.45) is 5.92 Å². The molecular formula is C15H19NO4. The highest BCUT2D eigenvalue weighted by Gasteiger charge is 2.45. The van der Waals surface area contributed by atoms with Crippen molar-refractivity contribution >= 4 is 11.9 Å². The molecule has 1 unspecified atom stereocenters. The van der Waals surface area contributed by atoms with Gasteiger partial charge in [-0.1, -0.05) is 12.1 Å². The fourth-order valence-corrected chi connectivity index (χ4v) is 2.28. The molecule has 1 aromatic rings. The van der Waals surface area contributed by atoms with Crippen molar-refractivity contribution in [3.05, 3.63) is 29.8 Å². The smallest absolute Gasteiger partial charge is 0.307 e. The van der Waals surface area contributed by atoms with E-state index in [2.05, 4.69) is 5.32 Å². The lowest BCUT2D eigenvalue weighted by atomic mass is 9.90. The summed E-state index contributed by atoms with van der Waals surface area (Å²) in [6, 6.07) is 7.46. The zero-order chi connectivity index (χ0) is 14.8. The molecule has 1 aliphatic rings. The van der Waals surface area contributed by atoms with Gasteiger partial charge >= 0.3 is 5.97 Å². The molecule has 20 heavy (non-hydrogen) atoms. The topological polar surface area (TPSA) is 64.6 Å². The van der Waals surface area contributed by atoms with Crippen molar-refractivity contribution in [3.8, 4) is 5.75 Å². The number of nitrogens with one attached hydrogen (secondary N) is 1. The van der Waals surface area contributed by atoms with E-state index in [4.69, 9.17) is 9.47 Å². The van der Waals surface area contributed by atoms with E-state index in [1.165, 1.54) is 0 Å². The van der Waals surface area contributed by atoms with Crippen molar-refractivity contribution in [1.29, 1.82) is 0 Å². The van der Waals surface area contributed by atoms with Gasteiger partial charge in [-0.2, -0.15) is 0 Å². The minimum atomic E-state index is -0.735. The molecule has 1 N–H and O–H groups in total. The number of methoxy groups -OCH3 is 1. The molecule has 1 fully saturated rings. The van der Waals surface area contributed by atoms with Gasteiger partial charge < -0.3 is 14.8 Å². The fraction of sp³-hybridized carbons (Fsp3) is 0.467. The van der Waals surface area contributed by atoms with Gasteiger partial charge in [0.05, 0.1) is 19.4 Å². The third-order valence-electron chi connectivity index (χ3n) is 3.53. The maximum absolute atomic E-state index is 12.1. The first-order valence-corrected chi connectivity index (χ1v) is 6.55. The molecule has 1 aromatic carbocycles. The van der Waals surface area contributed by atoms with Crippen LogP contribution in [0.4, 0.5) is 0 Å². The molecule has 2 rings (SSSR count). The van der Waals surface area contributed by atoms with E-state index < -0.39 is 11.5 Å². The number of hydrogen-bond donors (Lipinski definition) is 1. The summed E-state index contributed by atoms with van der Waals surface area (Å²) in [6.07, 6.45) is 0.140. The van der Waals surface area contributed by atoms with Gasteiger partial charge in [-0.3, -0.25) is 9.59 Å². The second kappa shape index (κ2) is 5.53. The second-order valence-electron chi connectivity index (χ2n) is 5.40. The minimum absolute atomic E-state index is 0.140. The molecule has 0 radical (unpaired) electrons.